The molecule has 0 aliphatic rings. The Balaban J connectivity index is 2.15. The summed E-state index contributed by atoms with van der Waals surface area (Å²) in [5.74, 6) is -3.36. The number of nitrogens with one attached hydrogen (secondary N) is 2. The molecule has 27 heavy (non-hydrogen) atoms. The van der Waals surface area contributed by atoms with Crippen molar-refractivity contribution in [1.82, 2.24) is 10.9 Å². The van der Waals surface area contributed by atoms with Crippen molar-refractivity contribution in [2.45, 2.75) is 12.5 Å². The summed E-state index contributed by atoms with van der Waals surface area (Å²) >= 11 is 0. The van der Waals surface area contributed by atoms with Crippen molar-refractivity contribution < 1.29 is 40.7 Å². The second-order valence-electron chi connectivity index (χ2n) is 5.00. The predicted molar refractivity (Wildman–Crippen MR) is 79.5 cm³/mol. The number of para-hydroxylation sites is 1. The van der Waals surface area contributed by atoms with E-state index in [9.17, 15) is 35.9 Å². The minimum atomic E-state index is -5.06. The summed E-state index contributed by atoms with van der Waals surface area (Å²) in [6, 6.07) is 8.06. The molecule has 5 nitrogen and oxygen atoms in total. The van der Waals surface area contributed by atoms with Gasteiger partial charge in [0.15, 0.2) is 0 Å². The van der Waals surface area contributed by atoms with E-state index in [0.29, 0.717) is 6.07 Å². The molecule has 0 saturated carbocycles. The van der Waals surface area contributed by atoms with Crippen LogP contribution in [0.1, 0.15) is 26.3 Å². The molecule has 11 heteroatoms. The van der Waals surface area contributed by atoms with Crippen LogP contribution in [0.15, 0.2) is 48.5 Å². The molecule has 0 aliphatic heterocycles. The summed E-state index contributed by atoms with van der Waals surface area (Å²) in [7, 11) is 0. The van der Waals surface area contributed by atoms with Crippen LogP contribution in [-0.4, -0.2) is 18.2 Å². The van der Waals surface area contributed by atoms with E-state index in [4.69, 9.17) is 0 Å². The molecular formula is C16H10F6N2O3. The van der Waals surface area contributed by atoms with Crippen molar-refractivity contribution in [1.29, 1.82) is 0 Å². The third-order valence-corrected chi connectivity index (χ3v) is 3.12. The second-order valence-corrected chi connectivity index (χ2v) is 5.00. The van der Waals surface area contributed by atoms with Gasteiger partial charge in [-0.2, -0.15) is 13.2 Å². The highest BCUT2D eigenvalue weighted by Gasteiger charge is 2.35. The van der Waals surface area contributed by atoms with Crippen LogP contribution in [0.5, 0.6) is 5.75 Å². The first kappa shape index (κ1) is 20.1. The third-order valence-electron chi connectivity index (χ3n) is 3.12. The van der Waals surface area contributed by atoms with Crippen LogP contribution in [0, 0.1) is 0 Å². The van der Waals surface area contributed by atoms with Crippen molar-refractivity contribution in [2.24, 2.45) is 0 Å². The molecule has 0 unspecified atom stereocenters. The molecule has 0 radical (unpaired) electrons. The zero-order valence-electron chi connectivity index (χ0n) is 13.1. The summed E-state index contributed by atoms with van der Waals surface area (Å²) in [6.07, 6.45) is -9.88. The summed E-state index contributed by atoms with van der Waals surface area (Å²) in [5, 5.41) is 0. The van der Waals surface area contributed by atoms with Crippen molar-refractivity contribution in [3.63, 3.8) is 0 Å². The number of carbonyl (C=O) groups is 2. The molecule has 2 rings (SSSR count). The smallest absolute Gasteiger partial charge is 0.405 e. The van der Waals surface area contributed by atoms with Gasteiger partial charge in [-0.1, -0.05) is 24.3 Å². The Morgan fingerprint density at radius 1 is 0.741 bits per heavy atom. The van der Waals surface area contributed by atoms with E-state index in [1.165, 1.54) is 18.2 Å². The van der Waals surface area contributed by atoms with Crippen LogP contribution in [0.2, 0.25) is 0 Å². The summed E-state index contributed by atoms with van der Waals surface area (Å²) < 4.78 is 79.4. The van der Waals surface area contributed by atoms with Gasteiger partial charge in [-0.25, -0.2) is 0 Å². The van der Waals surface area contributed by atoms with E-state index >= 15 is 0 Å². The average molecular weight is 392 g/mol. The number of benzene rings is 2. The fourth-order valence-corrected chi connectivity index (χ4v) is 2.04. The van der Waals surface area contributed by atoms with Gasteiger partial charge in [0.2, 0.25) is 0 Å². The van der Waals surface area contributed by atoms with Crippen LogP contribution in [0.4, 0.5) is 26.3 Å². The van der Waals surface area contributed by atoms with Gasteiger partial charge in [0.1, 0.15) is 5.75 Å². The lowest BCUT2D eigenvalue weighted by atomic mass is 10.1. The highest BCUT2D eigenvalue weighted by atomic mass is 19.4. The van der Waals surface area contributed by atoms with Crippen molar-refractivity contribution in [3.05, 3.63) is 65.2 Å². The fourth-order valence-electron chi connectivity index (χ4n) is 2.04. The molecule has 144 valence electrons. The molecule has 0 atom stereocenters. The predicted octanol–water partition coefficient (Wildman–Crippen LogP) is 3.68. The molecule has 0 aromatic heterocycles. The molecule has 0 spiro atoms. The molecular weight excluding hydrogens is 382 g/mol. The third kappa shape index (κ3) is 5.36. The maximum Gasteiger partial charge on any atom is 0.573 e. The van der Waals surface area contributed by atoms with Gasteiger partial charge in [0, 0.05) is 0 Å². The maximum atomic E-state index is 12.9. The first-order valence-electron chi connectivity index (χ1n) is 7.11. The second kappa shape index (κ2) is 7.56. The number of amides is 2. The quantitative estimate of drug-likeness (QED) is 0.619. The number of carbonyl (C=O) groups excluding carboxylic acids is 2. The van der Waals surface area contributed by atoms with Crippen LogP contribution in [0.25, 0.3) is 0 Å². The summed E-state index contributed by atoms with van der Waals surface area (Å²) in [6.45, 7) is 0. The Labute approximate surface area is 147 Å². The van der Waals surface area contributed by atoms with E-state index in [1.807, 2.05) is 0 Å². The van der Waals surface area contributed by atoms with Crippen LogP contribution < -0.4 is 15.6 Å². The molecule has 0 fully saturated rings. The molecule has 2 N–H and O–H groups in total. The lowest BCUT2D eigenvalue weighted by Gasteiger charge is -2.15. The normalized spacial score (nSPS) is 11.6. The van der Waals surface area contributed by atoms with E-state index in [-0.39, 0.29) is 0 Å². The average Bonchev–Trinajstić information content (AvgIpc) is 2.57. The van der Waals surface area contributed by atoms with Crippen molar-refractivity contribution in [3.8, 4) is 5.75 Å². The van der Waals surface area contributed by atoms with Gasteiger partial charge < -0.3 is 4.74 Å². The van der Waals surface area contributed by atoms with Gasteiger partial charge in [-0.05, 0) is 24.3 Å². The Morgan fingerprint density at radius 2 is 1.22 bits per heavy atom. The molecule has 0 bridgehead atoms. The topological polar surface area (TPSA) is 67.4 Å². The number of rotatable bonds is 3. The SMILES string of the molecule is O=C(NNC(=O)c1ccccc1C(F)(F)F)c1ccccc1OC(F)(F)F. The van der Waals surface area contributed by atoms with Crippen LogP contribution in [-0.2, 0) is 6.18 Å². The van der Waals surface area contributed by atoms with Gasteiger partial charge >= 0.3 is 12.5 Å². The number of hydrogen-bond acceptors (Lipinski definition) is 3. The number of ether oxygens (including phenoxy) is 1. The van der Waals surface area contributed by atoms with Gasteiger partial charge in [-0.3, -0.25) is 20.4 Å². The number of hydrogen-bond donors (Lipinski definition) is 2. The molecule has 0 saturated heterocycles. The Kier molecular flexibility index (Phi) is 5.62. The highest BCUT2D eigenvalue weighted by Crippen LogP contribution is 2.31. The molecule has 2 amide bonds. The Bertz CT molecular complexity index is 849. The fraction of sp³-hybridized carbons (Fsp3) is 0.125. The monoisotopic (exact) mass is 392 g/mol. The zero-order chi connectivity index (χ0) is 20.2. The molecule has 0 heterocycles. The standard InChI is InChI=1S/C16H10F6N2O3/c17-15(18,19)11-7-3-1-5-9(11)13(25)23-24-14(26)10-6-2-4-8-12(10)27-16(20,21)22/h1-8H,(H,23,25)(H,24,26). The minimum Gasteiger partial charge on any atom is -0.405 e. The van der Waals surface area contributed by atoms with Gasteiger partial charge in [0.05, 0.1) is 16.7 Å². The Morgan fingerprint density at radius 3 is 1.78 bits per heavy atom. The highest BCUT2D eigenvalue weighted by molar-refractivity contribution is 6.01. The van der Waals surface area contributed by atoms with E-state index in [2.05, 4.69) is 4.74 Å². The van der Waals surface area contributed by atoms with Gasteiger partial charge in [0.25, 0.3) is 11.8 Å². The maximum absolute atomic E-state index is 12.9. The zero-order valence-corrected chi connectivity index (χ0v) is 13.1. The Hall–Kier alpha value is -3.24. The molecule has 0 aliphatic carbocycles. The van der Waals surface area contributed by atoms with E-state index < -0.39 is 46.8 Å². The number of hydrazine groups is 1. The first-order valence-corrected chi connectivity index (χ1v) is 7.11. The van der Waals surface area contributed by atoms with Crippen LogP contribution >= 0.6 is 0 Å². The summed E-state index contributed by atoms with van der Waals surface area (Å²) in [4.78, 5) is 23.9. The molecule has 2 aromatic rings. The largest absolute Gasteiger partial charge is 0.573 e. The van der Waals surface area contributed by atoms with Gasteiger partial charge in [-0.15, -0.1) is 13.2 Å². The number of halogens is 6. The summed E-state index contributed by atoms with van der Waals surface area (Å²) in [5.41, 5.74) is 0.878. The minimum absolute atomic E-state index is 0.584. The van der Waals surface area contributed by atoms with E-state index in [0.717, 1.165) is 24.3 Å². The van der Waals surface area contributed by atoms with E-state index in [1.54, 1.807) is 10.9 Å². The van der Waals surface area contributed by atoms with Crippen molar-refractivity contribution in [2.75, 3.05) is 0 Å². The molecule has 2 aromatic carbocycles. The van der Waals surface area contributed by atoms with Crippen LogP contribution in [0.3, 0.4) is 0 Å². The number of alkyl halides is 6. The van der Waals surface area contributed by atoms with Crippen molar-refractivity contribution >= 4 is 11.8 Å². The lowest BCUT2D eigenvalue weighted by molar-refractivity contribution is -0.274. The first-order chi connectivity index (χ1) is 12.5. The lowest BCUT2D eigenvalue weighted by Crippen LogP contribution is -2.42.